The van der Waals surface area contributed by atoms with Crippen LogP contribution in [0.15, 0.2) is 68.8 Å². The Morgan fingerprint density at radius 2 is 2.12 bits per heavy atom. The summed E-state index contributed by atoms with van der Waals surface area (Å²) in [6.45, 7) is 4.08. The lowest BCUT2D eigenvalue weighted by molar-refractivity contribution is -0.130. The number of rotatable bonds is 6. The van der Waals surface area contributed by atoms with Crippen molar-refractivity contribution in [2.24, 2.45) is 5.10 Å². The number of furan rings is 1. The Morgan fingerprint density at radius 1 is 1.22 bits per heavy atom. The normalized spacial score (nSPS) is 15.9. The summed E-state index contributed by atoms with van der Waals surface area (Å²) in [7, 11) is 0. The Morgan fingerprint density at radius 3 is 2.91 bits per heavy atom. The lowest BCUT2D eigenvalue weighted by atomic mass is 10.1. The molecule has 0 bridgehead atoms. The average molecular weight is 465 g/mol. The molecule has 5 rings (SSSR count). The minimum atomic E-state index is -0.141. The predicted octanol–water partition coefficient (Wildman–Crippen LogP) is 4.40. The fraction of sp³-hybridized carbons (Fsp3) is 0.227. The van der Waals surface area contributed by atoms with Crippen LogP contribution in [0.2, 0.25) is 0 Å². The zero-order valence-electron chi connectivity index (χ0n) is 17.5. The maximum atomic E-state index is 13.2. The lowest BCUT2D eigenvalue weighted by Gasteiger charge is -2.20. The Kier molecular flexibility index (Phi) is 5.62. The van der Waals surface area contributed by atoms with Gasteiger partial charge in [-0.1, -0.05) is 30.0 Å². The molecule has 1 unspecified atom stereocenters. The van der Waals surface area contributed by atoms with Gasteiger partial charge in [0.1, 0.15) is 11.5 Å². The Labute approximate surface area is 192 Å². The number of hydrazone groups is 1. The van der Waals surface area contributed by atoms with E-state index in [4.69, 9.17) is 4.42 Å². The molecule has 32 heavy (non-hydrogen) atoms. The highest BCUT2D eigenvalue weighted by atomic mass is 32.2. The van der Waals surface area contributed by atoms with E-state index in [0.29, 0.717) is 17.3 Å². The van der Waals surface area contributed by atoms with Crippen molar-refractivity contribution in [1.82, 2.24) is 25.2 Å². The first-order chi connectivity index (χ1) is 15.6. The second kappa shape index (κ2) is 8.71. The van der Waals surface area contributed by atoms with Crippen LogP contribution in [0.25, 0.3) is 5.69 Å². The topological polar surface area (TPSA) is 89.4 Å². The van der Waals surface area contributed by atoms with Gasteiger partial charge in [-0.2, -0.15) is 9.78 Å². The van der Waals surface area contributed by atoms with Crippen LogP contribution in [0.5, 0.6) is 0 Å². The third-order valence-corrected chi connectivity index (χ3v) is 7.29. The largest absolute Gasteiger partial charge is 0.463 e. The summed E-state index contributed by atoms with van der Waals surface area (Å²) in [6, 6.07) is 13.6. The molecule has 1 atom stereocenters. The summed E-state index contributed by atoms with van der Waals surface area (Å²) in [5.74, 6) is 0.751. The average Bonchev–Trinajstić information content (AvgIpc) is 3.60. The summed E-state index contributed by atoms with van der Waals surface area (Å²) >= 11 is 2.92. The van der Waals surface area contributed by atoms with E-state index in [-0.39, 0.29) is 17.7 Å². The molecule has 0 aliphatic carbocycles. The number of aromatic nitrogens is 4. The van der Waals surface area contributed by atoms with Gasteiger partial charge in [0.15, 0.2) is 0 Å². The van der Waals surface area contributed by atoms with Crippen LogP contribution in [0, 0.1) is 13.8 Å². The Hall–Kier alpha value is -3.24. The molecule has 1 aliphatic heterocycles. The van der Waals surface area contributed by atoms with Crippen LogP contribution in [0.1, 0.15) is 34.2 Å². The molecular formula is C22H20N6O2S2. The van der Waals surface area contributed by atoms with E-state index in [1.165, 1.54) is 11.8 Å². The molecule has 4 heterocycles. The van der Waals surface area contributed by atoms with Crippen LogP contribution in [-0.4, -0.2) is 42.6 Å². The number of benzene rings is 1. The molecular weight excluding hydrogens is 444 g/mol. The van der Waals surface area contributed by atoms with Crippen LogP contribution in [0.3, 0.4) is 0 Å². The van der Waals surface area contributed by atoms with Crippen molar-refractivity contribution < 1.29 is 9.21 Å². The number of amides is 1. The molecule has 162 valence electrons. The van der Waals surface area contributed by atoms with Gasteiger partial charge in [0.25, 0.3) is 5.91 Å². The molecule has 3 aromatic heterocycles. The predicted molar refractivity (Wildman–Crippen MR) is 123 cm³/mol. The van der Waals surface area contributed by atoms with Crippen molar-refractivity contribution in [1.29, 1.82) is 0 Å². The summed E-state index contributed by atoms with van der Waals surface area (Å²) in [4.78, 5) is 14.3. The van der Waals surface area contributed by atoms with Gasteiger partial charge in [-0.25, -0.2) is 5.01 Å². The molecule has 0 saturated heterocycles. The molecule has 1 amide bonds. The molecule has 0 N–H and O–H groups in total. The molecule has 0 spiro atoms. The zero-order valence-corrected chi connectivity index (χ0v) is 19.1. The van der Waals surface area contributed by atoms with Gasteiger partial charge in [-0.15, -0.1) is 16.4 Å². The second-order valence-electron chi connectivity index (χ2n) is 7.38. The number of thiophene rings is 1. The first-order valence-electron chi connectivity index (χ1n) is 10.1. The molecule has 1 aromatic carbocycles. The number of aryl methyl sites for hydroxylation is 1. The van der Waals surface area contributed by atoms with Crippen LogP contribution in [0.4, 0.5) is 0 Å². The quantitative estimate of drug-likeness (QED) is 0.393. The van der Waals surface area contributed by atoms with E-state index < -0.39 is 0 Å². The fourth-order valence-corrected chi connectivity index (χ4v) is 5.16. The zero-order chi connectivity index (χ0) is 22.1. The molecule has 0 saturated carbocycles. The molecule has 4 aromatic rings. The SMILES string of the molecule is Cc1cccc(-n2nnnc2SCC(=O)N2N=C(c3ccco3)CC2c2cccs2)c1C. The highest BCUT2D eigenvalue weighted by Gasteiger charge is 2.34. The number of hydrogen-bond donors (Lipinski definition) is 0. The Balaban J connectivity index is 1.37. The van der Waals surface area contributed by atoms with Crippen molar-refractivity contribution in [2.75, 3.05) is 5.75 Å². The van der Waals surface area contributed by atoms with Crippen molar-refractivity contribution >= 4 is 34.7 Å². The van der Waals surface area contributed by atoms with Gasteiger partial charge < -0.3 is 4.42 Å². The standard InChI is InChI=1S/C22H20N6O2S2/c1-14-6-3-7-17(15(14)2)28-22(23-25-26-28)32-13-21(29)27-18(20-9-5-11-31-20)12-16(24-27)19-8-4-10-30-19/h3-11,18H,12-13H2,1-2H3. The van der Waals surface area contributed by atoms with Crippen molar-refractivity contribution in [2.45, 2.75) is 31.5 Å². The molecule has 8 nitrogen and oxygen atoms in total. The van der Waals surface area contributed by atoms with E-state index in [2.05, 4.69) is 20.6 Å². The van der Waals surface area contributed by atoms with Crippen molar-refractivity contribution in [3.05, 3.63) is 75.9 Å². The van der Waals surface area contributed by atoms with E-state index >= 15 is 0 Å². The van der Waals surface area contributed by atoms with E-state index in [0.717, 1.165) is 27.4 Å². The smallest absolute Gasteiger partial charge is 0.253 e. The summed E-state index contributed by atoms with van der Waals surface area (Å²) < 4.78 is 7.19. The Bertz CT molecular complexity index is 1260. The number of thioether (sulfide) groups is 1. The summed E-state index contributed by atoms with van der Waals surface area (Å²) in [6.07, 6.45) is 2.23. The van der Waals surface area contributed by atoms with Gasteiger partial charge in [-0.3, -0.25) is 4.79 Å². The second-order valence-corrected chi connectivity index (χ2v) is 9.30. The highest BCUT2D eigenvalue weighted by Crippen LogP contribution is 2.36. The minimum absolute atomic E-state index is 0.106. The summed E-state index contributed by atoms with van der Waals surface area (Å²) in [5, 5.41) is 20.9. The third-order valence-electron chi connectivity index (χ3n) is 5.41. The van der Waals surface area contributed by atoms with Crippen molar-refractivity contribution in [3.63, 3.8) is 0 Å². The molecule has 0 radical (unpaired) electrons. The maximum Gasteiger partial charge on any atom is 0.253 e. The first-order valence-corrected chi connectivity index (χ1v) is 11.9. The maximum absolute atomic E-state index is 13.2. The minimum Gasteiger partial charge on any atom is -0.463 e. The lowest BCUT2D eigenvalue weighted by Crippen LogP contribution is -2.28. The first kappa shape index (κ1) is 20.7. The number of carbonyl (C=O) groups is 1. The van der Waals surface area contributed by atoms with Crippen molar-refractivity contribution in [3.8, 4) is 5.69 Å². The van der Waals surface area contributed by atoms with E-state index in [1.807, 2.05) is 61.7 Å². The van der Waals surface area contributed by atoms with Gasteiger partial charge in [0, 0.05) is 11.3 Å². The van der Waals surface area contributed by atoms with Gasteiger partial charge in [-0.05, 0) is 65.0 Å². The number of carbonyl (C=O) groups excluding carboxylic acids is 1. The van der Waals surface area contributed by atoms with Crippen LogP contribution < -0.4 is 0 Å². The highest BCUT2D eigenvalue weighted by molar-refractivity contribution is 7.99. The molecule has 10 heteroatoms. The molecule has 0 fully saturated rings. The third kappa shape index (κ3) is 3.87. The van der Waals surface area contributed by atoms with E-state index in [1.54, 1.807) is 27.3 Å². The summed E-state index contributed by atoms with van der Waals surface area (Å²) in [5.41, 5.74) is 3.92. The molecule has 1 aliphatic rings. The van der Waals surface area contributed by atoms with Gasteiger partial charge in [0.2, 0.25) is 5.16 Å². The number of tetrazole rings is 1. The number of hydrogen-bond acceptors (Lipinski definition) is 8. The van der Waals surface area contributed by atoms with Crippen LogP contribution in [-0.2, 0) is 4.79 Å². The number of nitrogens with zero attached hydrogens (tertiary/aromatic N) is 6. The van der Waals surface area contributed by atoms with Gasteiger partial charge in [0.05, 0.1) is 23.7 Å². The van der Waals surface area contributed by atoms with Gasteiger partial charge >= 0.3 is 0 Å². The van der Waals surface area contributed by atoms with E-state index in [9.17, 15) is 4.79 Å². The monoisotopic (exact) mass is 464 g/mol. The van der Waals surface area contributed by atoms with Crippen LogP contribution >= 0.6 is 23.1 Å². The fourth-order valence-electron chi connectivity index (χ4n) is 3.61.